The Morgan fingerprint density at radius 2 is 1.84 bits per heavy atom. The molecule has 0 heterocycles. The number of carbonyl (C=O) groups is 1. The van der Waals surface area contributed by atoms with Crippen molar-refractivity contribution in [1.29, 1.82) is 0 Å². The zero-order valence-corrected chi connectivity index (χ0v) is 10.4. The fraction of sp³-hybridized carbons (Fsp3) is 0.364. The molecule has 0 saturated heterocycles. The minimum atomic E-state index is -0.800. The van der Waals surface area contributed by atoms with Crippen LogP contribution in [0.15, 0.2) is 12.1 Å². The van der Waals surface area contributed by atoms with Crippen LogP contribution in [0.1, 0.15) is 29.8 Å². The second-order valence-corrected chi connectivity index (χ2v) is 3.58. The molecular weight excluding hydrogens is 256 g/mol. The normalized spacial score (nSPS) is 10.0. The van der Waals surface area contributed by atoms with Crippen LogP contribution in [0.2, 0.25) is 0 Å². The standard InChI is InChI=1S/C11H12N2O6/c1-3-8-9(11(14)19-4-2)5-7(12(15)16)6-10(8)13(17)18/h5-6H,3-4H2,1-2H3. The highest BCUT2D eigenvalue weighted by molar-refractivity contribution is 5.93. The van der Waals surface area contributed by atoms with Crippen molar-refractivity contribution in [3.63, 3.8) is 0 Å². The molecular formula is C11H12N2O6. The lowest BCUT2D eigenvalue weighted by atomic mass is 10.0. The van der Waals surface area contributed by atoms with E-state index < -0.39 is 27.2 Å². The molecule has 0 amide bonds. The van der Waals surface area contributed by atoms with Gasteiger partial charge in [-0.2, -0.15) is 0 Å². The predicted octanol–water partition coefficient (Wildman–Crippen LogP) is 2.24. The van der Waals surface area contributed by atoms with Crippen molar-refractivity contribution in [2.24, 2.45) is 0 Å². The molecule has 0 bridgehead atoms. The summed E-state index contributed by atoms with van der Waals surface area (Å²) in [4.78, 5) is 31.8. The number of nitro groups is 2. The molecule has 0 aliphatic rings. The van der Waals surface area contributed by atoms with E-state index in [0.717, 1.165) is 12.1 Å². The minimum Gasteiger partial charge on any atom is -0.462 e. The van der Waals surface area contributed by atoms with Gasteiger partial charge in [0.05, 0.1) is 28.1 Å². The summed E-state index contributed by atoms with van der Waals surface area (Å²) in [6.45, 7) is 3.28. The van der Waals surface area contributed by atoms with Gasteiger partial charge < -0.3 is 4.74 Å². The Labute approximate surface area is 108 Å². The van der Waals surface area contributed by atoms with Gasteiger partial charge in [0.1, 0.15) is 0 Å². The Kier molecular flexibility index (Phi) is 4.51. The van der Waals surface area contributed by atoms with E-state index in [1.165, 1.54) is 0 Å². The lowest BCUT2D eigenvalue weighted by molar-refractivity contribution is -0.394. The second-order valence-electron chi connectivity index (χ2n) is 3.58. The first-order valence-electron chi connectivity index (χ1n) is 5.55. The van der Waals surface area contributed by atoms with Crippen LogP contribution in [0, 0.1) is 20.2 Å². The molecule has 0 atom stereocenters. The van der Waals surface area contributed by atoms with E-state index in [9.17, 15) is 25.0 Å². The number of benzene rings is 1. The number of hydrogen-bond donors (Lipinski definition) is 0. The highest BCUT2D eigenvalue weighted by Crippen LogP contribution is 2.29. The zero-order chi connectivity index (χ0) is 14.6. The van der Waals surface area contributed by atoms with Gasteiger partial charge in [-0.15, -0.1) is 0 Å². The first-order chi connectivity index (χ1) is 8.92. The van der Waals surface area contributed by atoms with Crippen LogP contribution in [0.4, 0.5) is 11.4 Å². The van der Waals surface area contributed by atoms with Gasteiger partial charge in [0.25, 0.3) is 11.4 Å². The van der Waals surface area contributed by atoms with Crippen LogP contribution in [-0.2, 0) is 11.2 Å². The molecule has 0 spiro atoms. The van der Waals surface area contributed by atoms with Crippen molar-refractivity contribution < 1.29 is 19.4 Å². The third-order valence-corrected chi connectivity index (χ3v) is 2.47. The molecule has 8 nitrogen and oxygen atoms in total. The topological polar surface area (TPSA) is 113 Å². The van der Waals surface area contributed by atoms with Crippen LogP contribution in [0.3, 0.4) is 0 Å². The van der Waals surface area contributed by atoms with E-state index in [2.05, 4.69) is 0 Å². The largest absolute Gasteiger partial charge is 0.462 e. The Morgan fingerprint density at radius 3 is 2.26 bits per heavy atom. The third-order valence-electron chi connectivity index (χ3n) is 2.47. The smallest absolute Gasteiger partial charge is 0.338 e. The molecule has 1 aromatic carbocycles. The number of carbonyl (C=O) groups excluding carboxylic acids is 1. The van der Waals surface area contributed by atoms with Crippen LogP contribution >= 0.6 is 0 Å². The van der Waals surface area contributed by atoms with Gasteiger partial charge in [-0.05, 0) is 13.3 Å². The van der Waals surface area contributed by atoms with Gasteiger partial charge in [-0.1, -0.05) is 6.92 Å². The van der Waals surface area contributed by atoms with Crippen LogP contribution in [0.5, 0.6) is 0 Å². The molecule has 0 fully saturated rings. The van der Waals surface area contributed by atoms with Crippen LogP contribution < -0.4 is 0 Å². The summed E-state index contributed by atoms with van der Waals surface area (Å²) in [7, 11) is 0. The van der Waals surface area contributed by atoms with Crippen molar-refractivity contribution in [1.82, 2.24) is 0 Å². The number of ether oxygens (including phenoxy) is 1. The maximum Gasteiger partial charge on any atom is 0.338 e. The van der Waals surface area contributed by atoms with Gasteiger partial charge in [0, 0.05) is 11.6 Å². The third kappa shape index (κ3) is 3.03. The minimum absolute atomic E-state index is 0.0818. The molecule has 0 N–H and O–H groups in total. The maximum atomic E-state index is 11.7. The lowest BCUT2D eigenvalue weighted by Gasteiger charge is -2.07. The highest BCUT2D eigenvalue weighted by Gasteiger charge is 2.26. The highest BCUT2D eigenvalue weighted by atomic mass is 16.6. The molecule has 8 heteroatoms. The van der Waals surface area contributed by atoms with Crippen LogP contribution in [-0.4, -0.2) is 22.4 Å². The van der Waals surface area contributed by atoms with Gasteiger partial charge >= 0.3 is 5.97 Å². The van der Waals surface area contributed by atoms with E-state index in [4.69, 9.17) is 4.74 Å². The van der Waals surface area contributed by atoms with Gasteiger partial charge in [-0.3, -0.25) is 20.2 Å². The average Bonchev–Trinajstić information content (AvgIpc) is 2.36. The number of hydrogen-bond acceptors (Lipinski definition) is 6. The number of nitro benzene ring substituents is 2. The Morgan fingerprint density at radius 1 is 1.21 bits per heavy atom. The summed E-state index contributed by atoms with van der Waals surface area (Å²) in [6, 6.07) is 1.85. The van der Waals surface area contributed by atoms with E-state index in [1.54, 1.807) is 13.8 Å². The SMILES string of the molecule is CCOC(=O)c1cc([N+](=O)[O-])cc([N+](=O)[O-])c1CC. The number of nitrogens with zero attached hydrogens (tertiary/aromatic N) is 2. The van der Waals surface area contributed by atoms with E-state index in [0.29, 0.717) is 0 Å². The van der Waals surface area contributed by atoms with E-state index in [1.807, 2.05) is 0 Å². The summed E-state index contributed by atoms with van der Waals surface area (Å²) < 4.78 is 4.76. The van der Waals surface area contributed by atoms with Gasteiger partial charge in [0.15, 0.2) is 0 Å². The average molecular weight is 268 g/mol. The fourth-order valence-corrected chi connectivity index (χ4v) is 1.67. The molecule has 0 radical (unpaired) electrons. The quantitative estimate of drug-likeness (QED) is 0.459. The summed E-state index contributed by atoms with van der Waals surface area (Å²) in [5.74, 6) is -0.800. The summed E-state index contributed by atoms with van der Waals surface area (Å²) in [5, 5.41) is 21.7. The summed E-state index contributed by atoms with van der Waals surface area (Å²) in [5.41, 5.74) is -0.953. The molecule has 102 valence electrons. The molecule has 0 aliphatic heterocycles. The maximum absolute atomic E-state index is 11.7. The van der Waals surface area contributed by atoms with E-state index in [-0.39, 0.29) is 24.2 Å². The summed E-state index contributed by atoms with van der Waals surface area (Å²) >= 11 is 0. The van der Waals surface area contributed by atoms with Crippen molar-refractivity contribution in [2.45, 2.75) is 20.3 Å². The zero-order valence-electron chi connectivity index (χ0n) is 10.4. The predicted molar refractivity (Wildman–Crippen MR) is 65.1 cm³/mol. The van der Waals surface area contributed by atoms with Crippen molar-refractivity contribution >= 4 is 17.3 Å². The van der Waals surface area contributed by atoms with Crippen molar-refractivity contribution in [3.8, 4) is 0 Å². The Balaban J connectivity index is 3.53. The summed E-state index contributed by atoms with van der Waals surface area (Å²) in [6.07, 6.45) is 0.197. The Bertz CT molecular complexity index is 540. The number of non-ortho nitro benzene ring substituents is 1. The second kappa shape index (κ2) is 5.89. The molecule has 0 aliphatic carbocycles. The Hall–Kier alpha value is -2.51. The number of rotatable bonds is 5. The van der Waals surface area contributed by atoms with Crippen molar-refractivity contribution in [3.05, 3.63) is 43.5 Å². The van der Waals surface area contributed by atoms with Gasteiger partial charge in [-0.25, -0.2) is 4.79 Å². The molecule has 0 aromatic heterocycles. The van der Waals surface area contributed by atoms with Gasteiger partial charge in [0.2, 0.25) is 0 Å². The molecule has 0 unspecified atom stereocenters. The molecule has 1 rings (SSSR count). The fourth-order valence-electron chi connectivity index (χ4n) is 1.67. The molecule has 0 saturated carbocycles. The lowest BCUT2D eigenvalue weighted by Crippen LogP contribution is -2.10. The first kappa shape index (κ1) is 14.6. The van der Waals surface area contributed by atoms with E-state index >= 15 is 0 Å². The monoisotopic (exact) mass is 268 g/mol. The first-order valence-corrected chi connectivity index (χ1v) is 5.55. The molecule has 1 aromatic rings. The molecule has 19 heavy (non-hydrogen) atoms. The van der Waals surface area contributed by atoms with Crippen LogP contribution in [0.25, 0.3) is 0 Å². The van der Waals surface area contributed by atoms with Crippen molar-refractivity contribution in [2.75, 3.05) is 6.61 Å². The number of esters is 1.